The molecule has 0 saturated carbocycles. The Morgan fingerprint density at radius 3 is 2.50 bits per heavy atom. The van der Waals surface area contributed by atoms with Crippen molar-refractivity contribution in [1.29, 1.82) is 0 Å². The van der Waals surface area contributed by atoms with Crippen molar-refractivity contribution in [3.05, 3.63) is 47.8 Å². The molecule has 1 heterocycles. The zero-order chi connectivity index (χ0) is 14.6. The van der Waals surface area contributed by atoms with Crippen LogP contribution in [0.4, 0.5) is 0 Å². The highest BCUT2D eigenvalue weighted by Gasteiger charge is 2.26. The van der Waals surface area contributed by atoms with Gasteiger partial charge in [0.15, 0.2) is 0 Å². The van der Waals surface area contributed by atoms with Gasteiger partial charge in [-0.25, -0.2) is 8.42 Å². The van der Waals surface area contributed by atoms with Crippen LogP contribution in [0.25, 0.3) is 0 Å². The fourth-order valence-electron chi connectivity index (χ4n) is 2.06. The highest BCUT2D eigenvalue weighted by Crippen LogP contribution is 2.20. The van der Waals surface area contributed by atoms with E-state index in [4.69, 9.17) is 0 Å². The van der Waals surface area contributed by atoms with Crippen molar-refractivity contribution in [2.24, 2.45) is 0 Å². The monoisotopic (exact) mass is 293 g/mol. The van der Waals surface area contributed by atoms with E-state index in [9.17, 15) is 8.42 Å². The topological polar surface area (TPSA) is 66.1 Å². The lowest BCUT2D eigenvalue weighted by Gasteiger charge is -2.21. The van der Waals surface area contributed by atoms with Crippen LogP contribution in [0.5, 0.6) is 0 Å². The minimum absolute atomic E-state index is 0.252. The van der Waals surface area contributed by atoms with Crippen LogP contribution in [-0.4, -0.2) is 29.5 Å². The van der Waals surface area contributed by atoms with E-state index in [0.29, 0.717) is 18.8 Å². The molecule has 2 rings (SSSR count). The summed E-state index contributed by atoms with van der Waals surface area (Å²) >= 11 is 0. The van der Waals surface area contributed by atoms with Crippen molar-refractivity contribution < 1.29 is 8.42 Å². The molecule has 0 unspecified atom stereocenters. The molecule has 0 saturated heterocycles. The van der Waals surface area contributed by atoms with Crippen LogP contribution in [0.15, 0.2) is 41.4 Å². The van der Waals surface area contributed by atoms with Crippen LogP contribution in [0.1, 0.15) is 24.6 Å². The van der Waals surface area contributed by atoms with Gasteiger partial charge in [-0.15, -0.1) is 0 Å². The van der Waals surface area contributed by atoms with Crippen molar-refractivity contribution in [3.63, 3.8) is 0 Å². The SMILES string of the molecule is CCCN(Cc1ccccc1)S(=O)(=O)c1cn[nH]c1C. The highest BCUT2D eigenvalue weighted by molar-refractivity contribution is 7.89. The van der Waals surface area contributed by atoms with E-state index in [1.807, 2.05) is 37.3 Å². The van der Waals surface area contributed by atoms with Crippen LogP contribution in [0, 0.1) is 6.92 Å². The molecule has 0 aliphatic heterocycles. The zero-order valence-electron chi connectivity index (χ0n) is 11.7. The minimum atomic E-state index is -3.51. The second-order valence-electron chi connectivity index (χ2n) is 4.68. The number of hydrogen-bond acceptors (Lipinski definition) is 3. The van der Waals surface area contributed by atoms with Gasteiger partial charge in [0, 0.05) is 13.1 Å². The van der Waals surface area contributed by atoms with Crippen molar-refractivity contribution in [3.8, 4) is 0 Å². The summed E-state index contributed by atoms with van der Waals surface area (Å²) in [5.41, 5.74) is 1.55. The van der Waals surface area contributed by atoms with Crippen LogP contribution in [0.3, 0.4) is 0 Å². The number of hydrogen-bond donors (Lipinski definition) is 1. The van der Waals surface area contributed by atoms with E-state index in [-0.39, 0.29) is 4.90 Å². The average Bonchev–Trinajstić information content (AvgIpc) is 2.86. The zero-order valence-corrected chi connectivity index (χ0v) is 12.5. The molecule has 1 aromatic heterocycles. The lowest BCUT2D eigenvalue weighted by atomic mass is 10.2. The van der Waals surface area contributed by atoms with Gasteiger partial charge in [-0.1, -0.05) is 37.3 Å². The van der Waals surface area contributed by atoms with Gasteiger partial charge in [-0.05, 0) is 18.9 Å². The van der Waals surface area contributed by atoms with Crippen LogP contribution < -0.4 is 0 Å². The molecule has 2 aromatic rings. The number of aryl methyl sites for hydroxylation is 1. The standard InChI is InChI=1S/C14H19N3O2S/c1-3-9-17(11-13-7-5-4-6-8-13)20(18,19)14-10-15-16-12(14)2/h4-8,10H,3,9,11H2,1-2H3,(H,15,16). The van der Waals surface area contributed by atoms with E-state index >= 15 is 0 Å². The van der Waals surface area contributed by atoms with Crippen molar-refractivity contribution in [2.75, 3.05) is 6.54 Å². The molecule has 1 N–H and O–H groups in total. The summed E-state index contributed by atoms with van der Waals surface area (Å²) in [7, 11) is -3.51. The van der Waals surface area contributed by atoms with Crippen molar-refractivity contribution in [2.45, 2.75) is 31.7 Å². The third-order valence-corrected chi connectivity index (χ3v) is 5.04. The summed E-state index contributed by atoms with van der Waals surface area (Å²) in [5.74, 6) is 0. The first-order chi connectivity index (χ1) is 9.55. The molecule has 0 spiro atoms. The predicted octanol–water partition coefficient (Wildman–Crippen LogP) is 2.32. The molecular formula is C14H19N3O2S. The molecule has 108 valence electrons. The number of nitrogens with zero attached hydrogens (tertiary/aromatic N) is 2. The molecule has 0 aliphatic rings. The maximum atomic E-state index is 12.7. The Morgan fingerprint density at radius 2 is 1.95 bits per heavy atom. The van der Waals surface area contributed by atoms with Gasteiger partial charge in [0.05, 0.1) is 11.9 Å². The van der Waals surface area contributed by atoms with Gasteiger partial charge < -0.3 is 0 Å². The summed E-state index contributed by atoms with van der Waals surface area (Å²) in [6.45, 7) is 4.55. The van der Waals surface area contributed by atoms with Crippen LogP contribution >= 0.6 is 0 Å². The van der Waals surface area contributed by atoms with Gasteiger partial charge in [0.2, 0.25) is 10.0 Å². The number of aromatic amines is 1. The second kappa shape index (κ2) is 6.19. The summed E-state index contributed by atoms with van der Waals surface area (Å²) in [6.07, 6.45) is 2.14. The van der Waals surface area contributed by atoms with Crippen LogP contribution in [-0.2, 0) is 16.6 Å². The largest absolute Gasteiger partial charge is 0.281 e. The molecule has 6 heteroatoms. The first-order valence-electron chi connectivity index (χ1n) is 6.59. The van der Waals surface area contributed by atoms with Gasteiger partial charge in [-0.2, -0.15) is 9.40 Å². The lowest BCUT2D eigenvalue weighted by Crippen LogP contribution is -2.31. The maximum absolute atomic E-state index is 12.7. The predicted molar refractivity (Wildman–Crippen MR) is 77.7 cm³/mol. The summed E-state index contributed by atoms with van der Waals surface area (Å²) in [6, 6.07) is 9.60. The Balaban J connectivity index is 2.31. The Morgan fingerprint density at radius 1 is 1.25 bits per heavy atom. The molecule has 0 radical (unpaired) electrons. The van der Waals surface area contributed by atoms with Crippen molar-refractivity contribution in [1.82, 2.24) is 14.5 Å². The smallest absolute Gasteiger partial charge is 0.246 e. The van der Waals surface area contributed by atoms with Crippen molar-refractivity contribution >= 4 is 10.0 Å². The van der Waals surface area contributed by atoms with Gasteiger partial charge in [0.25, 0.3) is 0 Å². The maximum Gasteiger partial charge on any atom is 0.246 e. The number of aromatic nitrogens is 2. The number of benzene rings is 1. The normalized spacial score (nSPS) is 11.9. The third-order valence-electron chi connectivity index (χ3n) is 3.08. The minimum Gasteiger partial charge on any atom is -0.281 e. The molecule has 0 amide bonds. The molecule has 0 fully saturated rings. The molecule has 0 aliphatic carbocycles. The Labute approximate surface area is 119 Å². The lowest BCUT2D eigenvalue weighted by molar-refractivity contribution is 0.405. The molecular weight excluding hydrogens is 274 g/mol. The third kappa shape index (κ3) is 3.08. The van der Waals surface area contributed by atoms with E-state index in [2.05, 4.69) is 10.2 Å². The fourth-order valence-corrected chi connectivity index (χ4v) is 3.70. The Hall–Kier alpha value is -1.66. The summed E-state index contributed by atoms with van der Waals surface area (Å²) < 4.78 is 26.8. The first kappa shape index (κ1) is 14.7. The highest BCUT2D eigenvalue weighted by atomic mass is 32.2. The Bertz CT molecular complexity index is 650. The molecule has 5 nitrogen and oxygen atoms in total. The van der Waals surface area contributed by atoms with Crippen LogP contribution in [0.2, 0.25) is 0 Å². The number of nitrogens with one attached hydrogen (secondary N) is 1. The first-order valence-corrected chi connectivity index (χ1v) is 8.03. The quantitative estimate of drug-likeness (QED) is 0.889. The van der Waals surface area contributed by atoms with Gasteiger partial charge in [-0.3, -0.25) is 5.10 Å². The summed E-state index contributed by atoms with van der Waals surface area (Å²) in [4.78, 5) is 0.252. The Kier molecular flexibility index (Phi) is 4.57. The summed E-state index contributed by atoms with van der Waals surface area (Å²) in [5, 5.41) is 6.49. The van der Waals surface area contributed by atoms with E-state index in [1.54, 1.807) is 6.92 Å². The molecule has 0 bridgehead atoms. The number of rotatable bonds is 6. The average molecular weight is 293 g/mol. The number of sulfonamides is 1. The molecule has 0 atom stereocenters. The molecule has 20 heavy (non-hydrogen) atoms. The number of H-pyrrole nitrogens is 1. The molecule has 1 aromatic carbocycles. The fraction of sp³-hybridized carbons (Fsp3) is 0.357. The van der Waals surface area contributed by atoms with E-state index in [1.165, 1.54) is 10.5 Å². The van der Waals surface area contributed by atoms with E-state index < -0.39 is 10.0 Å². The van der Waals surface area contributed by atoms with Gasteiger partial charge >= 0.3 is 0 Å². The van der Waals surface area contributed by atoms with Gasteiger partial charge in [0.1, 0.15) is 4.90 Å². The second-order valence-corrected chi connectivity index (χ2v) is 6.59. The van der Waals surface area contributed by atoms with E-state index in [0.717, 1.165) is 12.0 Å².